The van der Waals surface area contributed by atoms with Crippen molar-refractivity contribution in [3.63, 3.8) is 0 Å². The number of benzene rings is 2. The Morgan fingerprint density at radius 3 is 2.24 bits per heavy atom. The van der Waals surface area contributed by atoms with Gasteiger partial charge >= 0.3 is 12.1 Å². The summed E-state index contributed by atoms with van der Waals surface area (Å²) in [5.41, 5.74) is 3.39. The Kier molecular flexibility index (Phi) is 5.33. The summed E-state index contributed by atoms with van der Waals surface area (Å²) in [6, 6.07) is 16.5. The van der Waals surface area contributed by atoms with E-state index in [4.69, 9.17) is 4.74 Å². The molecule has 5 heteroatoms. The van der Waals surface area contributed by atoms with Crippen molar-refractivity contribution in [3.8, 4) is 0 Å². The van der Waals surface area contributed by atoms with E-state index in [0.29, 0.717) is 6.42 Å². The van der Waals surface area contributed by atoms with Crippen LogP contribution < -0.4 is 5.32 Å². The van der Waals surface area contributed by atoms with E-state index in [2.05, 4.69) is 17.4 Å². The smallest absolute Gasteiger partial charge is 0.408 e. The minimum absolute atomic E-state index is 0.119. The SMILES string of the molecule is O=C(N[C@@H](CC1Cc2ccccc2C1)C(=O)O)OCc1ccccc1. The number of amides is 1. The van der Waals surface area contributed by atoms with Gasteiger partial charge in [0.1, 0.15) is 12.6 Å². The minimum atomic E-state index is -1.03. The van der Waals surface area contributed by atoms with Crippen LogP contribution in [0.3, 0.4) is 0 Å². The number of carbonyl (C=O) groups is 2. The van der Waals surface area contributed by atoms with Crippen LogP contribution in [0, 0.1) is 5.92 Å². The lowest BCUT2D eigenvalue weighted by atomic mass is 9.97. The first-order chi connectivity index (χ1) is 12.1. The fourth-order valence-electron chi connectivity index (χ4n) is 3.28. The van der Waals surface area contributed by atoms with Crippen LogP contribution in [0.1, 0.15) is 23.1 Å². The molecule has 2 aromatic carbocycles. The highest BCUT2D eigenvalue weighted by Gasteiger charge is 2.28. The average Bonchev–Trinajstić information content (AvgIpc) is 3.02. The topological polar surface area (TPSA) is 75.6 Å². The lowest BCUT2D eigenvalue weighted by Gasteiger charge is -2.18. The Bertz CT molecular complexity index is 719. The number of carboxylic acids is 1. The predicted molar refractivity (Wildman–Crippen MR) is 93.1 cm³/mol. The van der Waals surface area contributed by atoms with Crippen molar-refractivity contribution in [3.05, 3.63) is 71.3 Å². The summed E-state index contributed by atoms with van der Waals surface area (Å²) < 4.78 is 5.12. The Morgan fingerprint density at radius 2 is 1.64 bits per heavy atom. The summed E-state index contributed by atoms with van der Waals surface area (Å²) in [6.45, 7) is 0.119. The van der Waals surface area contributed by atoms with E-state index >= 15 is 0 Å². The molecular formula is C20H21NO4. The molecule has 3 rings (SSSR count). The van der Waals surface area contributed by atoms with Gasteiger partial charge in [-0.25, -0.2) is 9.59 Å². The summed E-state index contributed by atoms with van der Waals surface area (Å²) >= 11 is 0. The molecule has 1 aliphatic rings. The molecule has 25 heavy (non-hydrogen) atoms. The number of alkyl carbamates (subject to hydrolysis) is 1. The summed E-state index contributed by atoms with van der Waals surface area (Å²) in [5, 5.41) is 11.9. The van der Waals surface area contributed by atoms with Gasteiger partial charge < -0.3 is 15.2 Å². The molecule has 1 aliphatic carbocycles. The molecule has 0 bridgehead atoms. The highest BCUT2D eigenvalue weighted by atomic mass is 16.5. The van der Waals surface area contributed by atoms with Gasteiger partial charge in [0.25, 0.3) is 0 Å². The number of fused-ring (bicyclic) bond motifs is 1. The van der Waals surface area contributed by atoms with Gasteiger partial charge in [-0.3, -0.25) is 0 Å². The van der Waals surface area contributed by atoms with E-state index < -0.39 is 18.1 Å². The van der Waals surface area contributed by atoms with E-state index in [9.17, 15) is 14.7 Å². The van der Waals surface area contributed by atoms with Crippen molar-refractivity contribution in [2.24, 2.45) is 5.92 Å². The number of rotatable bonds is 6. The number of nitrogens with one attached hydrogen (secondary N) is 1. The van der Waals surface area contributed by atoms with Crippen LogP contribution in [0.15, 0.2) is 54.6 Å². The summed E-state index contributed by atoms with van der Waals surface area (Å²) in [4.78, 5) is 23.4. The first-order valence-corrected chi connectivity index (χ1v) is 8.38. The fourth-order valence-corrected chi connectivity index (χ4v) is 3.28. The van der Waals surface area contributed by atoms with Gasteiger partial charge in [0.2, 0.25) is 0 Å². The zero-order chi connectivity index (χ0) is 17.6. The molecule has 1 amide bonds. The molecular weight excluding hydrogens is 318 g/mol. The summed E-state index contributed by atoms with van der Waals surface area (Å²) in [6.07, 6.45) is 1.39. The number of hydrogen-bond donors (Lipinski definition) is 2. The maximum atomic E-state index is 11.9. The van der Waals surface area contributed by atoms with Crippen molar-refractivity contribution in [1.82, 2.24) is 5.32 Å². The van der Waals surface area contributed by atoms with Gasteiger partial charge in [-0.05, 0) is 41.9 Å². The van der Waals surface area contributed by atoms with Crippen molar-refractivity contribution in [1.29, 1.82) is 0 Å². The van der Waals surface area contributed by atoms with Crippen LogP contribution in [-0.4, -0.2) is 23.2 Å². The second-order valence-corrected chi connectivity index (χ2v) is 6.38. The van der Waals surface area contributed by atoms with Crippen LogP contribution in [0.25, 0.3) is 0 Å². The molecule has 2 N–H and O–H groups in total. The van der Waals surface area contributed by atoms with E-state index in [0.717, 1.165) is 18.4 Å². The lowest BCUT2D eigenvalue weighted by Crippen LogP contribution is -2.42. The van der Waals surface area contributed by atoms with Crippen molar-refractivity contribution in [2.75, 3.05) is 0 Å². The zero-order valence-electron chi connectivity index (χ0n) is 13.9. The average molecular weight is 339 g/mol. The van der Waals surface area contributed by atoms with Crippen LogP contribution in [0.5, 0.6) is 0 Å². The first-order valence-electron chi connectivity index (χ1n) is 8.38. The number of carbonyl (C=O) groups excluding carboxylic acids is 1. The molecule has 2 aromatic rings. The molecule has 0 unspecified atom stereocenters. The summed E-state index contributed by atoms with van der Waals surface area (Å²) in [5.74, 6) is -0.819. The number of aliphatic carboxylic acids is 1. The molecule has 0 aliphatic heterocycles. The third-order valence-corrected chi connectivity index (χ3v) is 4.51. The Hall–Kier alpha value is -2.82. The van der Waals surface area contributed by atoms with Gasteiger partial charge in [0, 0.05) is 0 Å². The second-order valence-electron chi connectivity index (χ2n) is 6.38. The van der Waals surface area contributed by atoms with Crippen LogP contribution in [0.2, 0.25) is 0 Å². The minimum Gasteiger partial charge on any atom is -0.480 e. The number of carboxylic acid groups (broad SMARTS) is 1. The standard InChI is InChI=1S/C20H21NO4/c22-19(23)18(12-15-10-16-8-4-5-9-17(16)11-15)21-20(24)25-13-14-6-2-1-3-7-14/h1-9,15,18H,10-13H2,(H,21,24)(H,22,23)/t18-/m0/s1. The Labute approximate surface area is 146 Å². The van der Waals surface area contributed by atoms with Crippen molar-refractivity contribution < 1.29 is 19.4 Å². The van der Waals surface area contributed by atoms with Crippen molar-refractivity contribution >= 4 is 12.1 Å². The maximum Gasteiger partial charge on any atom is 0.408 e. The largest absolute Gasteiger partial charge is 0.480 e. The normalized spacial score (nSPS) is 14.6. The zero-order valence-corrected chi connectivity index (χ0v) is 13.9. The van der Waals surface area contributed by atoms with E-state index in [1.54, 1.807) is 0 Å². The molecule has 0 saturated heterocycles. The number of hydrogen-bond acceptors (Lipinski definition) is 3. The second kappa shape index (κ2) is 7.83. The van der Waals surface area contributed by atoms with Crippen LogP contribution in [0.4, 0.5) is 4.79 Å². The Balaban J connectivity index is 1.51. The predicted octanol–water partition coefficient (Wildman–Crippen LogP) is 3.17. The van der Waals surface area contributed by atoms with Gasteiger partial charge in [0.15, 0.2) is 0 Å². The molecule has 1 atom stereocenters. The molecule has 0 spiro atoms. The van der Waals surface area contributed by atoms with E-state index in [1.165, 1.54) is 11.1 Å². The fraction of sp³-hybridized carbons (Fsp3) is 0.300. The molecule has 0 aromatic heterocycles. The van der Waals surface area contributed by atoms with E-state index in [-0.39, 0.29) is 12.5 Å². The highest BCUT2D eigenvalue weighted by molar-refractivity contribution is 5.79. The van der Waals surface area contributed by atoms with Gasteiger partial charge in [-0.15, -0.1) is 0 Å². The maximum absolute atomic E-state index is 11.9. The lowest BCUT2D eigenvalue weighted by molar-refractivity contribution is -0.139. The molecule has 0 heterocycles. The molecule has 0 radical (unpaired) electrons. The van der Waals surface area contributed by atoms with Gasteiger partial charge in [0.05, 0.1) is 0 Å². The molecule has 0 fully saturated rings. The van der Waals surface area contributed by atoms with Gasteiger partial charge in [-0.1, -0.05) is 54.6 Å². The molecule has 5 nitrogen and oxygen atoms in total. The van der Waals surface area contributed by atoms with Gasteiger partial charge in [-0.2, -0.15) is 0 Å². The summed E-state index contributed by atoms with van der Waals surface area (Å²) in [7, 11) is 0. The van der Waals surface area contributed by atoms with Crippen molar-refractivity contribution in [2.45, 2.75) is 31.9 Å². The Morgan fingerprint density at radius 1 is 1.04 bits per heavy atom. The van der Waals surface area contributed by atoms with Crippen LogP contribution in [-0.2, 0) is 29.0 Å². The first kappa shape index (κ1) is 17.0. The third-order valence-electron chi connectivity index (χ3n) is 4.51. The monoisotopic (exact) mass is 339 g/mol. The third kappa shape index (κ3) is 4.59. The number of ether oxygens (including phenoxy) is 1. The quantitative estimate of drug-likeness (QED) is 0.847. The molecule has 130 valence electrons. The van der Waals surface area contributed by atoms with Crippen LogP contribution >= 0.6 is 0 Å². The van der Waals surface area contributed by atoms with E-state index in [1.807, 2.05) is 42.5 Å². The molecule has 0 saturated carbocycles. The highest BCUT2D eigenvalue weighted by Crippen LogP contribution is 2.29.